The Morgan fingerprint density at radius 1 is 1.39 bits per heavy atom. The molecular formula is C12H14FN3OS. The van der Waals surface area contributed by atoms with Crippen LogP contribution in [0.2, 0.25) is 0 Å². The second kappa shape index (κ2) is 5.41. The third-order valence-electron chi connectivity index (χ3n) is 2.47. The Kier molecular flexibility index (Phi) is 3.88. The molecule has 2 aromatic rings. The van der Waals surface area contributed by atoms with E-state index in [9.17, 15) is 9.18 Å². The quantitative estimate of drug-likeness (QED) is 0.886. The van der Waals surface area contributed by atoms with Crippen LogP contribution in [-0.2, 0) is 6.54 Å². The first-order valence-corrected chi connectivity index (χ1v) is 6.36. The third kappa shape index (κ3) is 2.65. The Labute approximate surface area is 108 Å². The summed E-state index contributed by atoms with van der Waals surface area (Å²) >= 11 is 1.32. The van der Waals surface area contributed by atoms with E-state index in [1.807, 2.05) is 6.92 Å². The van der Waals surface area contributed by atoms with Gasteiger partial charge < -0.3 is 5.73 Å². The van der Waals surface area contributed by atoms with E-state index < -0.39 is 0 Å². The average Bonchev–Trinajstić information content (AvgIpc) is 2.60. The van der Waals surface area contributed by atoms with Gasteiger partial charge in [-0.25, -0.2) is 4.39 Å². The highest BCUT2D eigenvalue weighted by Gasteiger charge is 2.12. The fourth-order valence-electron chi connectivity index (χ4n) is 1.61. The largest absolute Gasteiger partial charge is 0.329 e. The minimum absolute atomic E-state index is 0.0905. The number of rotatable bonds is 4. The summed E-state index contributed by atoms with van der Waals surface area (Å²) in [6.45, 7) is 2.70. The summed E-state index contributed by atoms with van der Waals surface area (Å²) in [5.41, 5.74) is 6.13. The van der Waals surface area contributed by atoms with Gasteiger partial charge in [-0.05, 0) is 31.2 Å². The van der Waals surface area contributed by atoms with Gasteiger partial charge in [-0.1, -0.05) is 11.8 Å². The van der Waals surface area contributed by atoms with Gasteiger partial charge in [0.05, 0.1) is 11.4 Å². The highest BCUT2D eigenvalue weighted by atomic mass is 32.2. The minimum Gasteiger partial charge on any atom is -0.329 e. The van der Waals surface area contributed by atoms with Crippen LogP contribution in [0.25, 0.3) is 0 Å². The van der Waals surface area contributed by atoms with Crippen LogP contribution >= 0.6 is 11.8 Å². The maximum atomic E-state index is 12.8. The molecule has 2 rings (SSSR count). The van der Waals surface area contributed by atoms with E-state index in [0.717, 1.165) is 10.6 Å². The van der Waals surface area contributed by atoms with Gasteiger partial charge in [0.25, 0.3) is 5.56 Å². The van der Waals surface area contributed by atoms with Gasteiger partial charge in [0.15, 0.2) is 0 Å². The van der Waals surface area contributed by atoms with E-state index in [1.54, 1.807) is 12.1 Å². The van der Waals surface area contributed by atoms with Crippen molar-refractivity contribution in [3.63, 3.8) is 0 Å². The normalized spacial score (nSPS) is 10.8. The minimum atomic E-state index is -0.286. The summed E-state index contributed by atoms with van der Waals surface area (Å²) in [4.78, 5) is 13.5. The van der Waals surface area contributed by atoms with Gasteiger partial charge in [0.1, 0.15) is 5.82 Å². The first-order chi connectivity index (χ1) is 8.61. The number of hydrogen-bond acceptors (Lipinski definition) is 3. The van der Waals surface area contributed by atoms with Gasteiger partial charge in [0.2, 0.25) is 0 Å². The van der Waals surface area contributed by atoms with E-state index >= 15 is 0 Å². The van der Waals surface area contributed by atoms with Crippen LogP contribution in [0.3, 0.4) is 0 Å². The molecule has 1 aromatic heterocycles. The predicted octanol–water partition coefficient (Wildman–Crippen LogP) is 1.73. The summed E-state index contributed by atoms with van der Waals surface area (Å²) < 4.78 is 14.3. The maximum absolute atomic E-state index is 12.8. The molecule has 0 aliphatic rings. The highest BCUT2D eigenvalue weighted by molar-refractivity contribution is 7.99. The fraction of sp³-hybridized carbons (Fsp3) is 0.250. The van der Waals surface area contributed by atoms with Crippen molar-refractivity contribution in [2.24, 2.45) is 5.73 Å². The number of aryl methyl sites for hydroxylation is 1. The second-order valence-electron chi connectivity index (χ2n) is 3.87. The number of hydrogen-bond donors (Lipinski definition) is 2. The molecular weight excluding hydrogens is 253 g/mol. The van der Waals surface area contributed by atoms with Crippen molar-refractivity contribution >= 4 is 11.8 Å². The van der Waals surface area contributed by atoms with Gasteiger partial charge in [-0.15, -0.1) is 0 Å². The van der Waals surface area contributed by atoms with Crippen LogP contribution in [0.4, 0.5) is 4.39 Å². The molecule has 0 spiro atoms. The Bertz CT molecular complexity index is 588. The lowest BCUT2D eigenvalue weighted by Gasteiger charge is -1.98. The molecule has 4 nitrogen and oxygen atoms in total. The van der Waals surface area contributed by atoms with Gasteiger partial charge >= 0.3 is 0 Å². The van der Waals surface area contributed by atoms with E-state index in [-0.39, 0.29) is 11.4 Å². The Balaban J connectivity index is 2.29. The van der Waals surface area contributed by atoms with Crippen LogP contribution in [0.5, 0.6) is 0 Å². The van der Waals surface area contributed by atoms with Crippen molar-refractivity contribution in [3.8, 4) is 0 Å². The lowest BCUT2D eigenvalue weighted by Crippen LogP contribution is -2.22. The van der Waals surface area contributed by atoms with Crippen molar-refractivity contribution in [1.82, 2.24) is 9.78 Å². The van der Waals surface area contributed by atoms with Gasteiger partial charge in [-0.2, -0.15) is 0 Å². The topological polar surface area (TPSA) is 63.8 Å². The number of benzene rings is 1. The van der Waals surface area contributed by atoms with Crippen molar-refractivity contribution in [2.75, 3.05) is 6.54 Å². The second-order valence-corrected chi connectivity index (χ2v) is 4.95. The summed E-state index contributed by atoms with van der Waals surface area (Å²) in [6.07, 6.45) is 0. The molecule has 6 heteroatoms. The lowest BCUT2D eigenvalue weighted by atomic mass is 10.4. The smallest absolute Gasteiger partial charge is 0.280 e. The summed E-state index contributed by atoms with van der Waals surface area (Å²) in [7, 11) is 0. The number of H-pyrrole nitrogens is 1. The van der Waals surface area contributed by atoms with Gasteiger partial charge in [0, 0.05) is 17.1 Å². The van der Waals surface area contributed by atoms with Crippen molar-refractivity contribution in [3.05, 3.63) is 46.1 Å². The average molecular weight is 267 g/mol. The molecule has 0 saturated carbocycles. The molecule has 0 unspecified atom stereocenters. The molecule has 0 radical (unpaired) electrons. The van der Waals surface area contributed by atoms with Crippen molar-refractivity contribution in [1.29, 1.82) is 0 Å². The summed E-state index contributed by atoms with van der Waals surface area (Å²) in [5, 5.41) is 2.97. The van der Waals surface area contributed by atoms with Crippen LogP contribution < -0.4 is 11.3 Å². The number of aromatic amines is 1. The number of aromatic nitrogens is 2. The van der Waals surface area contributed by atoms with Crippen LogP contribution in [0, 0.1) is 12.7 Å². The predicted molar refractivity (Wildman–Crippen MR) is 69.4 cm³/mol. The Hall–Kier alpha value is -1.53. The van der Waals surface area contributed by atoms with E-state index in [4.69, 9.17) is 5.73 Å². The fourth-order valence-corrected chi connectivity index (χ4v) is 2.52. The molecule has 1 heterocycles. The summed E-state index contributed by atoms with van der Waals surface area (Å²) in [5.74, 6) is -0.286. The molecule has 18 heavy (non-hydrogen) atoms. The van der Waals surface area contributed by atoms with Crippen molar-refractivity contribution in [2.45, 2.75) is 23.3 Å². The zero-order chi connectivity index (χ0) is 13.1. The molecule has 0 aliphatic carbocycles. The first-order valence-electron chi connectivity index (χ1n) is 5.54. The van der Waals surface area contributed by atoms with Crippen molar-refractivity contribution < 1.29 is 4.39 Å². The van der Waals surface area contributed by atoms with Crippen LogP contribution in [-0.4, -0.2) is 16.3 Å². The Morgan fingerprint density at radius 3 is 2.67 bits per heavy atom. The molecule has 0 fully saturated rings. The maximum Gasteiger partial charge on any atom is 0.280 e. The molecule has 0 bridgehead atoms. The lowest BCUT2D eigenvalue weighted by molar-refractivity contribution is 0.600. The van der Waals surface area contributed by atoms with Crippen LogP contribution in [0.15, 0.2) is 38.9 Å². The van der Waals surface area contributed by atoms with E-state index in [2.05, 4.69) is 5.10 Å². The van der Waals surface area contributed by atoms with E-state index in [1.165, 1.54) is 28.6 Å². The molecule has 0 saturated heterocycles. The Morgan fingerprint density at radius 2 is 2.06 bits per heavy atom. The standard InChI is InChI=1S/C12H14FN3OS/c1-8-11(12(17)16(15-8)7-6-14)18-10-4-2-9(13)3-5-10/h2-5,15H,6-7,14H2,1H3. The molecule has 3 N–H and O–H groups in total. The molecule has 0 aliphatic heterocycles. The number of nitrogens with one attached hydrogen (secondary N) is 1. The van der Waals surface area contributed by atoms with Gasteiger partial charge in [-0.3, -0.25) is 14.6 Å². The molecule has 0 atom stereocenters. The zero-order valence-electron chi connectivity index (χ0n) is 9.94. The number of halogens is 1. The third-order valence-corrected chi connectivity index (χ3v) is 3.66. The van der Waals surface area contributed by atoms with E-state index in [0.29, 0.717) is 18.0 Å². The highest BCUT2D eigenvalue weighted by Crippen LogP contribution is 2.26. The van der Waals surface area contributed by atoms with Crippen LogP contribution in [0.1, 0.15) is 5.69 Å². The SMILES string of the molecule is Cc1[nH]n(CCN)c(=O)c1Sc1ccc(F)cc1. The molecule has 1 aromatic carbocycles. The first kappa shape index (κ1) is 12.9. The zero-order valence-corrected chi connectivity index (χ0v) is 10.8. The molecule has 96 valence electrons. The number of nitrogens with two attached hydrogens (primary N) is 1. The molecule has 0 amide bonds. The number of nitrogens with zero attached hydrogens (tertiary/aromatic N) is 1. The monoisotopic (exact) mass is 267 g/mol. The summed E-state index contributed by atoms with van der Waals surface area (Å²) in [6, 6.07) is 6.06.